The van der Waals surface area contributed by atoms with Crippen molar-refractivity contribution in [1.82, 2.24) is 10.3 Å². The van der Waals surface area contributed by atoms with Gasteiger partial charge in [-0.05, 0) is 36.4 Å². The SMILES string of the molecule is O=C(NNc1c(Cl)cc(Cl)cc1Cl)C1CCCN(C(=O)c2cccs2)C1. The molecule has 2 amide bonds. The number of nitrogens with one attached hydrogen (secondary N) is 2. The van der Waals surface area contributed by atoms with Crippen LogP contribution in [0.15, 0.2) is 29.6 Å². The van der Waals surface area contributed by atoms with E-state index in [1.807, 2.05) is 11.4 Å². The zero-order chi connectivity index (χ0) is 18.7. The number of benzene rings is 1. The number of hydrazine groups is 1. The highest BCUT2D eigenvalue weighted by molar-refractivity contribution is 7.12. The van der Waals surface area contributed by atoms with Crippen molar-refractivity contribution < 1.29 is 9.59 Å². The Morgan fingerprint density at radius 1 is 1.19 bits per heavy atom. The normalized spacial score (nSPS) is 17.0. The summed E-state index contributed by atoms with van der Waals surface area (Å²) in [5.74, 6) is -0.546. The van der Waals surface area contributed by atoms with Crippen LogP contribution in [0.5, 0.6) is 0 Å². The van der Waals surface area contributed by atoms with E-state index in [-0.39, 0.29) is 17.7 Å². The summed E-state index contributed by atoms with van der Waals surface area (Å²) in [6, 6.07) is 6.70. The molecule has 1 aromatic carbocycles. The topological polar surface area (TPSA) is 61.4 Å². The smallest absolute Gasteiger partial charge is 0.263 e. The van der Waals surface area contributed by atoms with Crippen LogP contribution in [0.3, 0.4) is 0 Å². The summed E-state index contributed by atoms with van der Waals surface area (Å²) in [5, 5.41) is 2.89. The fourth-order valence-electron chi connectivity index (χ4n) is 2.82. The van der Waals surface area contributed by atoms with E-state index in [0.717, 1.165) is 6.42 Å². The van der Waals surface area contributed by atoms with Gasteiger partial charge in [0.05, 0.1) is 26.5 Å². The molecule has 2 heterocycles. The van der Waals surface area contributed by atoms with E-state index < -0.39 is 0 Å². The third-order valence-electron chi connectivity index (χ3n) is 4.13. The second kappa shape index (κ2) is 8.48. The first-order chi connectivity index (χ1) is 12.5. The number of anilines is 1. The van der Waals surface area contributed by atoms with Gasteiger partial charge in [0.15, 0.2) is 0 Å². The Bertz CT molecular complexity index is 791. The molecular formula is C17H16Cl3N3O2S. The maximum Gasteiger partial charge on any atom is 0.263 e. The van der Waals surface area contributed by atoms with Crippen molar-refractivity contribution >= 4 is 63.6 Å². The maximum absolute atomic E-state index is 12.5. The number of nitrogens with zero attached hydrogens (tertiary/aromatic N) is 1. The number of hydrogen-bond donors (Lipinski definition) is 2. The summed E-state index contributed by atoms with van der Waals surface area (Å²) < 4.78 is 0. The average Bonchev–Trinajstić information content (AvgIpc) is 3.14. The van der Waals surface area contributed by atoms with E-state index in [1.54, 1.807) is 11.0 Å². The standard InChI is InChI=1S/C17H16Cl3N3O2S/c18-11-7-12(19)15(13(20)8-11)21-22-16(24)10-3-1-5-23(9-10)17(25)14-4-2-6-26-14/h2,4,6-8,10,21H,1,3,5,9H2,(H,22,24). The number of likely N-dealkylation sites (tertiary alicyclic amines) is 1. The largest absolute Gasteiger partial charge is 0.337 e. The van der Waals surface area contributed by atoms with Crippen molar-refractivity contribution in [2.45, 2.75) is 12.8 Å². The highest BCUT2D eigenvalue weighted by atomic mass is 35.5. The van der Waals surface area contributed by atoms with Gasteiger partial charge >= 0.3 is 0 Å². The van der Waals surface area contributed by atoms with Gasteiger partial charge < -0.3 is 4.90 Å². The summed E-state index contributed by atoms with van der Waals surface area (Å²) in [6.07, 6.45) is 1.49. The van der Waals surface area contributed by atoms with Gasteiger partial charge in [0.1, 0.15) is 0 Å². The van der Waals surface area contributed by atoms with E-state index in [4.69, 9.17) is 34.8 Å². The number of carbonyl (C=O) groups is 2. The molecule has 1 atom stereocenters. The van der Waals surface area contributed by atoms with Gasteiger partial charge in [-0.1, -0.05) is 40.9 Å². The molecule has 5 nitrogen and oxygen atoms in total. The number of piperidine rings is 1. The van der Waals surface area contributed by atoms with E-state index >= 15 is 0 Å². The van der Waals surface area contributed by atoms with Gasteiger partial charge in [0.25, 0.3) is 5.91 Å². The summed E-state index contributed by atoms with van der Waals surface area (Å²) in [5.41, 5.74) is 5.76. The zero-order valence-electron chi connectivity index (χ0n) is 13.6. The van der Waals surface area contributed by atoms with E-state index in [9.17, 15) is 9.59 Å². The third-order valence-corrected chi connectivity index (χ3v) is 5.80. The first kappa shape index (κ1) is 19.3. The summed E-state index contributed by atoms with van der Waals surface area (Å²) in [7, 11) is 0. The molecule has 1 fully saturated rings. The lowest BCUT2D eigenvalue weighted by molar-refractivity contribution is -0.125. The molecule has 2 N–H and O–H groups in total. The third kappa shape index (κ3) is 4.43. The van der Waals surface area contributed by atoms with Crippen LogP contribution >= 0.6 is 46.1 Å². The van der Waals surface area contributed by atoms with Gasteiger partial charge in [-0.15, -0.1) is 11.3 Å². The molecule has 3 rings (SSSR count). The number of carbonyl (C=O) groups excluding carboxylic acids is 2. The van der Waals surface area contributed by atoms with Crippen molar-refractivity contribution in [2.24, 2.45) is 5.92 Å². The minimum atomic E-state index is -0.301. The fraction of sp³-hybridized carbons (Fsp3) is 0.294. The minimum absolute atomic E-state index is 0.0331. The maximum atomic E-state index is 12.5. The number of thiophene rings is 1. The number of rotatable bonds is 4. The molecule has 2 aromatic rings. The molecule has 0 saturated carbocycles. The number of hydrogen-bond acceptors (Lipinski definition) is 4. The first-order valence-corrected chi connectivity index (χ1v) is 10.00. The Labute approximate surface area is 170 Å². The first-order valence-electron chi connectivity index (χ1n) is 7.99. The lowest BCUT2D eigenvalue weighted by Crippen LogP contribution is -2.46. The van der Waals surface area contributed by atoms with Gasteiger partial charge in [0, 0.05) is 18.1 Å². The van der Waals surface area contributed by atoms with Crippen LogP contribution in [0, 0.1) is 5.92 Å². The van der Waals surface area contributed by atoms with Crippen LogP contribution in [0.4, 0.5) is 5.69 Å². The molecule has 1 unspecified atom stereocenters. The zero-order valence-corrected chi connectivity index (χ0v) is 16.7. The Kier molecular flexibility index (Phi) is 6.29. The molecule has 1 aliphatic heterocycles. The van der Waals surface area contributed by atoms with Gasteiger partial charge in [-0.2, -0.15) is 0 Å². The summed E-state index contributed by atoms with van der Waals surface area (Å²) in [6.45, 7) is 1.04. The van der Waals surface area contributed by atoms with Crippen LogP contribution in [0.1, 0.15) is 22.5 Å². The van der Waals surface area contributed by atoms with Crippen LogP contribution in [-0.4, -0.2) is 29.8 Å². The number of amides is 2. The van der Waals surface area contributed by atoms with E-state index in [2.05, 4.69) is 10.9 Å². The Morgan fingerprint density at radius 3 is 2.58 bits per heavy atom. The van der Waals surface area contributed by atoms with E-state index in [1.165, 1.54) is 23.5 Å². The van der Waals surface area contributed by atoms with Gasteiger partial charge in [-0.3, -0.25) is 20.4 Å². The lowest BCUT2D eigenvalue weighted by atomic mass is 9.97. The molecular weight excluding hydrogens is 417 g/mol. The van der Waals surface area contributed by atoms with E-state index in [0.29, 0.717) is 45.1 Å². The van der Waals surface area contributed by atoms with Crippen LogP contribution in [0.2, 0.25) is 15.1 Å². The Hall–Kier alpha value is -1.47. The second-order valence-corrected chi connectivity index (χ2v) is 8.12. The molecule has 1 aliphatic rings. The van der Waals surface area contributed by atoms with Crippen molar-refractivity contribution in [2.75, 3.05) is 18.5 Å². The molecule has 0 bridgehead atoms. The molecule has 9 heteroatoms. The predicted molar refractivity (Wildman–Crippen MR) is 106 cm³/mol. The quantitative estimate of drug-likeness (QED) is 0.688. The van der Waals surface area contributed by atoms with Crippen molar-refractivity contribution in [3.63, 3.8) is 0 Å². The molecule has 0 radical (unpaired) electrons. The molecule has 26 heavy (non-hydrogen) atoms. The van der Waals surface area contributed by atoms with Crippen molar-refractivity contribution in [3.05, 3.63) is 49.6 Å². The highest BCUT2D eigenvalue weighted by Crippen LogP contribution is 2.33. The Balaban J connectivity index is 1.60. The van der Waals surface area contributed by atoms with Crippen molar-refractivity contribution in [1.29, 1.82) is 0 Å². The molecule has 138 valence electrons. The van der Waals surface area contributed by atoms with Crippen LogP contribution < -0.4 is 10.9 Å². The monoisotopic (exact) mass is 431 g/mol. The van der Waals surface area contributed by atoms with Crippen LogP contribution in [-0.2, 0) is 4.79 Å². The highest BCUT2D eigenvalue weighted by Gasteiger charge is 2.29. The predicted octanol–water partition coefficient (Wildman–Crippen LogP) is 4.70. The second-order valence-electron chi connectivity index (χ2n) is 5.93. The van der Waals surface area contributed by atoms with Crippen molar-refractivity contribution in [3.8, 4) is 0 Å². The molecule has 0 spiro atoms. The summed E-state index contributed by atoms with van der Waals surface area (Å²) >= 11 is 19.5. The Morgan fingerprint density at radius 2 is 1.92 bits per heavy atom. The average molecular weight is 433 g/mol. The summed E-state index contributed by atoms with van der Waals surface area (Å²) in [4.78, 5) is 27.4. The lowest BCUT2D eigenvalue weighted by Gasteiger charge is -2.31. The number of halogens is 3. The fourth-order valence-corrected chi connectivity index (χ4v) is 4.42. The molecule has 1 saturated heterocycles. The molecule has 1 aromatic heterocycles. The minimum Gasteiger partial charge on any atom is -0.337 e. The van der Waals surface area contributed by atoms with Gasteiger partial charge in [-0.25, -0.2) is 0 Å². The molecule has 0 aliphatic carbocycles. The van der Waals surface area contributed by atoms with Gasteiger partial charge in [0.2, 0.25) is 5.91 Å². The van der Waals surface area contributed by atoms with Crippen LogP contribution in [0.25, 0.3) is 0 Å².